The summed E-state index contributed by atoms with van der Waals surface area (Å²) in [7, 11) is 0. The largest absolute Gasteiger partial charge is 0.483 e. The van der Waals surface area contributed by atoms with E-state index in [1.807, 2.05) is 19.1 Å². The molecule has 0 aliphatic rings. The molecule has 3 aromatic rings. The van der Waals surface area contributed by atoms with Crippen LogP contribution < -0.4 is 10.1 Å². The number of carbonyl (C=O) groups is 1. The van der Waals surface area contributed by atoms with Crippen LogP contribution in [0.15, 0.2) is 44.6 Å². The van der Waals surface area contributed by atoms with E-state index in [9.17, 15) is 9.18 Å². The molecule has 2 heterocycles. The number of aryl methyl sites for hydroxylation is 1. The van der Waals surface area contributed by atoms with E-state index in [-0.39, 0.29) is 18.3 Å². The number of benzene rings is 1. The molecular formula is C16H12BrFN2O3S. The van der Waals surface area contributed by atoms with Crippen LogP contribution in [0.5, 0.6) is 5.75 Å². The summed E-state index contributed by atoms with van der Waals surface area (Å²) in [6, 6.07) is 7.65. The molecule has 24 heavy (non-hydrogen) atoms. The predicted octanol–water partition coefficient (Wildman–Crippen LogP) is 4.63. The summed E-state index contributed by atoms with van der Waals surface area (Å²) in [4.78, 5) is 16.2. The number of ether oxygens (including phenoxy) is 1. The molecule has 0 spiro atoms. The number of amides is 1. The summed E-state index contributed by atoms with van der Waals surface area (Å²) in [5.41, 5.74) is 0.658. The number of aromatic nitrogens is 1. The van der Waals surface area contributed by atoms with Crippen molar-refractivity contribution in [2.45, 2.75) is 6.92 Å². The first-order chi connectivity index (χ1) is 11.5. The van der Waals surface area contributed by atoms with Crippen LogP contribution >= 0.6 is 27.3 Å². The smallest absolute Gasteiger partial charge is 0.264 e. The fraction of sp³-hybridized carbons (Fsp3) is 0.125. The summed E-state index contributed by atoms with van der Waals surface area (Å²) in [6.07, 6.45) is 0. The predicted molar refractivity (Wildman–Crippen MR) is 92.8 cm³/mol. The van der Waals surface area contributed by atoms with Crippen molar-refractivity contribution in [3.05, 3.63) is 51.8 Å². The zero-order chi connectivity index (χ0) is 17.1. The molecular weight excluding hydrogens is 399 g/mol. The Balaban J connectivity index is 1.58. The van der Waals surface area contributed by atoms with Crippen LogP contribution in [0.1, 0.15) is 5.76 Å². The summed E-state index contributed by atoms with van der Waals surface area (Å²) >= 11 is 4.47. The molecule has 0 aliphatic carbocycles. The van der Waals surface area contributed by atoms with Gasteiger partial charge in [0.1, 0.15) is 23.0 Å². The normalized spacial score (nSPS) is 10.6. The van der Waals surface area contributed by atoms with Crippen molar-refractivity contribution in [2.75, 3.05) is 11.9 Å². The monoisotopic (exact) mass is 410 g/mol. The number of nitrogens with zero attached hydrogens (tertiary/aromatic N) is 1. The van der Waals surface area contributed by atoms with E-state index in [4.69, 9.17) is 9.15 Å². The topological polar surface area (TPSA) is 64.4 Å². The van der Waals surface area contributed by atoms with Crippen LogP contribution in [0.3, 0.4) is 0 Å². The highest BCUT2D eigenvalue weighted by Gasteiger charge is 2.11. The molecule has 0 saturated carbocycles. The third-order valence-corrected chi connectivity index (χ3v) is 4.37. The van der Waals surface area contributed by atoms with Gasteiger partial charge in [-0.1, -0.05) is 0 Å². The Hall–Kier alpha value is -2.19. The minimum Gasteiger partial charge on any atom is -0.483 e. The third kappa shape index (κ3) is 4.01. The van der Waals surface area contributed by atoms with Gasteiger partial charge in [0.25, 0.3) is 5.91 Å². The van der Waals surface area contributed by atoms with Crippen LogP contribution in [-0.4, -0.2) is 17.5 Å². The van der Waals surface area contributed by atoms with Crippen molar-refractivity contribution in [3.63, 3.8) is 0 Å². The van der Waals surface area contributed by atoms with Crippen LogP contribution in [-0.2, 0) is 4.79 Å². The molecule has 0 saturated heterocycles. The summed E-state index contributed by atoms with van der Waals surface area (Å²) < 4.78 is 24.3. The second-order valence-corrected chi connectivity index (χ2v) is 6.57. The lowest BCUT2D eigenvalue weighted by molar-refractivity contribution is -0.118. The summed E-state index contributed by atoms with van der Waals surface area (Å²) in [6.45, 7) is 1.64. The van der Waals surface area contributed by atoms with E-state index in [0.717, 1.165) is 5.76 Å². The van der Waals surface area contributed by atoms with Gasteiger partial charge in [0.05, 0.1) is 4.47 Å². The number of halogens is 2. The molecule has 8 heteroatoms. The number of carbonyl (C=O) groups excluding carboxylic acids is 1. The van der Waals surface area contributed by atoms with E-state index in [0.29, 0.717) is 26.8 Å². The van der Waals surface area contributed by atoms with Gasteiger partial charge in [-0.25, -0.2) is 9.37 Å². The number of nitrogens with one attached hydrogen (secondary N) is 1. The molecule has 1 N–H and O–H groups in total. The minimum absolute atomic E-state index is 0.209. The van der Waals surface area contributed by atoms with Crippen LogP contribution in [0.4, 0.5) is 9.52 Å². The Bertz CT molecular complexity index is 878. The highest BCUT2D eigenvalue weighted by Crippen LogP contribution is 2.27. The number of thiazole rings is 1. The van der Waals surface area contributed by atoms with Gasteiger partial charge in [-0.05, 0) is 53.2 Å². The van der Waals surface area contributed by atoms with Crippen molar-refractivity contribution in [2.24, 2.45) is 0 Å². The number of anilines is 1. The highest BCUT2D eigenvalue weighted by molar-refractivity contribution is 9.10. The van der Waals surface area contributed by atoms with E-state index < -0.39 is 0 Å². The van der Waals surface area contributed by atoms with Crippen molar-refractivity contribution in [1.82, 2.24) is 4.98 Å². The summed E-state index contributed by atoms with van der Waals surface area (Å²) in [5.74, 6) is 1.08. The lowest BCUT2D eigenvalue weighted by Crippen LogP contribution is -2.20. The van der Waals surface area contributed by atoms with Gasteiger partial charge in [-0.15, -0.1) is 11.3 Å². The fourth-order valence-electron chi connectivity index (χ4n) is 1.91. The molecule has 0 unspecified atom stereocenters. The average Bonchev–Trinajstić information content (AvgIpc) is 3.15. The van der Waals surface area contributed by atoms with Crippen molar-refractivity contribution in [1.29, 1.82) is 0 Å². The van der Waals surface area contributed by atoms with Gasteiger partial charge in [0.2, 0.25) is 0 Å². The van der Waals surface area contributed by atoms with Gasteiger partial charge in [-0.2, -0.15) is 0 Å². The first kappa shape index (κ1) is 16.7. The van der Waals surface area contributed by atoms with Crippen molar-refractivity contribution < 1.29 is 18.3 Å². The molecule has 5 nitrogen and oxygen atoms in total. The maximum atomic E-state index is 13.0. The van der Waals surface area contributed by atoms with Gasteiger partial charge >= 0.3 is 0 Å². The second kappa shape index (κ2) is 7.14. The second-order valence-electron chi connectivity index (χ2n) is 4.86. The standard InChI is InChI=1S/C16H12BrFN2O3S/c1-9-2-4-14(23-9)12-8-24-16(19-12)20-15(21)7-22-13-5-3-10(18)6-11(13)17/h2-6,8H,7H2,1H3,(H,19,20,21). The lowest BCUT2D eigenvalue weighted by Gasteiger charge is -2.07. The van der Waals surface area contributed by atoms with Gasteiger partial charge in [0.15, 0.2) is 17.5 Å². The Morgan fingerprint density at radius 2 is 2.25 bits per heavy atom. The molecule has 0 fully saturated rings. The molecule has 0 aliphatic heterocycles. The molecule has 3 rings (SSSR count). The van der Waals surface area contributed by atoms with Gasteiger partial charge < -0.3 is 9.15 Å². The van der Waals surface area contributed by atoms with Crippen molar-refractivity contribution in [3.8, 4) is 17.2 Å². The maximum Gasteiger partial charge on any atom is 0.264 e. The third-order valence-electron chi connectivity index (χ3n) is 3.00. The first-order valence-electron chi connectivity index (χ1n) is 6.91. The Kier molecular flexibility index (Phi) is 4.96. The zero-order valence-electron chi connectivity index (χ0n) is 12.5. The molecule has 1 amide bonds. The first-order valence-corrected chi connectivity index (χ1v) is 8.58. The lowest BCUT2D eigenvalue weighted by atomic mass is 10.3. The van der Waals surface area contributed by atoms with E-state index in [1.54, 1.807) is 5.38 Å². The average molecular weight is 411 g/mol. The Morgan fingerprint density at radius 1 is 1.42 bits per heavy atom. The van der Waals surface area contributed by atoms with Gasteiger partial charge in [0, 0.05) is 5.38 Å². The summed E-state index contributed by atoms with van der Waals surface area (Å²) in [5, 5.41) is 4.90. The van der Waals surface area contributed by atoms with Crippen LogP contribution in [0, 0.1) is 12.7 Å². The Labute approximate surface area is 149 Å². The molecule has 1 aromatic carbocycles. The number of hydrogen-bond donors (Lipinski definition) is 1. The quantitative estimate of drug-likeness (QED) is 0.665. The van der Waals surface area contributed by atoms with Crippen LogP contribution in [0.2, 0.25) is 0 Å². The highest BCUT2D eigenvalue weighted by atomic mass is 79.9. The number of hydrogen-bond acceptors (Lipinski definition) is 5. The van der Waals surface area contributed by atoms with E-state index >= 15 is 0 Å². The minimum atomic E-state index is -0.387. The fourth-order valence-corrected chi connectivity index (χ4v) is 3.09. The molecule has 124 valence electrons. The molecule has 0 radical (unpaired) electrons. The molecule has 0 bridgehead atoms. The van der Waals surface area contributed by atoms with E-state index in [1.165, 1.54) is 29.5 Å². The van der Waals surface area contributed by atoms with Crippen LogP contribution in [0.25, 0.3) is 11.5 Å². The number of furan rings is 1. The van der Waals surface area contributed by atoms with Crippen molar-refractivity contribution >= 4 is 38.3 Å². The maximum absolute atomic E-state index is 13.0. The SMILES string of the molecule is Cc1ccc(-c2csc(NC(=O)COc3ccc(F)cc3Br)n2)o1. The van der Waals surface area contributed by atoms with E-state index in [2.05, 4.69) is 26.2 Å². The Morgan fingerprint density at radius 3 is 2.96 bits per heavy atom. The zero-order valence-corrected chi connectivity index (χ0v) is 14.9. The molecule has 2 aromatic heterocycles. The number of rotatable bonds is 5. The van der Waals surface area contributed by atoms with Gasteiger partial charge in [-0.3, -0.25) is 10.1 Å². The molecule has 0 atom stereocenters.